The van der Waals surface area contributed by atoms with Crippen molar-refractivity contribution in [3.63, 3.8) is 0 Å². The van der Waals surface area contributed by atoms with Gasteiger partial charge in [0, 0.05) is 11.6 Å². The maximum atomic E-state index is 12.1. The Morgan fingerprint density at radius 3 is 2.82 bits per heavy atom. The highest BCUT2D eigenvalue weighted by atomic mass is 127. The largest absolute Gasteiger partial charge is 0.443 e. The molecule has 0 atom stereocenters. The van der Waals surface area contributed by atoms with E-state index in [0.717, 1.165) is 9.09 Å². The monoisotopic (exact) mass is 344 g/mol. The highest BCUT2D eigenvalue weighted by Gasteiger charge is 2.21. The van der Waals surface area contributed by atoms with Crippen LogP contribution in [-0.4, -0.2) is 21.2 Å². The Bertz CT molecular complexity index is 569. The van der Waals surface area contributed by atoms with E-state index in [0.29, 0.717) is 5.65 Å². The van der Waals surface area contributed by atoms with Gasteiger partial charge in [-0.25, -0.2) is 14.3 Å². The van der Waals surface area contributed by atoms with E-state index in [1.165, 1.54) is 4.57 Å². The zero-order chi connectivity index (χ0) is 12.6. The summed E-state index contributed by atoms with van der Waals surface area (Å²) in [6, 6.07) is 5.68. The number of aromatic nitrogens is 2. The lowest BCUT2D eigenvalue weighted by Crippen LogP contribution is -2.27. The molecule has 0 aliphatic carbocycles. The molecule has 0 saturated carbocycles. The number of nitrogens with zero attached hydrogens (tertiary/aromatic N) is 2. The Kier molecular flexibility index (Phi) is 3.11. The molecular formula is C12H13IN2O2. The number of pyridine rings is 1. The second-order valence-electron chi connectivity index (χ2n) is 4.70. The van der Waals surface area contributed by atoms with E-state index in [4.69, 9.17) is 4.74 Å². The number of carbonyl (C=O) groups is 1. The summed E-state index contributed by atoms with van der Waals surface area (Å²) in [5.41, 5.74) is 0.122. The lowest BCUT2D eigenvalue weighted by Gasteiger charge is -2.19. The van der Waals surface area contributed by atoms with Crippen LogP contribution < -0.4 is 0 Å². The van der Waals surface area contributed by atoms with Crippen molar-refractivity contribution >= 4 is 39.7 Å². The van der Waals surface area contributed by atoms with Gasteiger partial charge >= 0.3 is 6.09 Å². The zero-order valence-corrected chi connectivity index (χ0v) is 12.1. The van der Waals surface area contributed by atoms with Crippen LogP contribution in [0, 0.1) is 3.70 Å². The van der Waals surface area contributed by atoms with Crippen molar-refractivity contribution in [2.75, 3.05) is 0 Å². The topological polar surface area (TPSA) is 44.1 Å². The van der Waals surface area contributed by atoms with Crippen LogP contribution in [0.2, 0.25) is 0 Å². The van der Waals surface area contributed by atoms with Gasteiger partial charge in [-0.15, -0.1) is 0 Å². The van der Waals surface area contributed by atoms with E-state index in [1.54, 1.807) is 6.20 Å². The van der Waals surface area contributed by atoms with Crippen molar-refractivity contribution in [2.24, 2.45) is 0 Å². The molecule has 0 aliphatic heterocycles. The van der Waals surface area contributed by atoms with Crippen molar-refractivity contribution in [1.29, 1.82) is 0 Å². The molecule has 4 nitrogen and oxygen atoms in total. The van der Waals surface area contributed by atoms with Crippen LogP contribution in [0.5, 0.6) is 0 Å². The van der Waals surface area contributed by atoms with Crippen LogP contribution in [-0.2, 0) is 4.74 Å². The van der Waals surface area contributed by atoms with Crippen LogP contribution in [0.3, 0.4) is 0 Å². The van der Waals surface area contributed by atoms with Crippen LogP contribution >= 0.6 is 22.6 Å². The Morgan fingerprint density at radius 2 is 2.18 bits per heavy atom. The van der Waals surface area contributed by atoms with Gasteiger partial charge in [-0.2, -0.15) is 0 Å². The summed E-state index contributed by atoms with van der Waals surface area (Å²) in [5, 5.41) is 0.933. The van der Waals surface area contributed by atoms with Gasteiger partial charge in [0.15, 0.2) is 0 Å². The molecule has 0 bridgehead atoms. The van der Waals surface area contributed by atoms with Crippen LogP contribution in [0.4, 0.5) is 4.79 Å². The van der Waals surface area contributed by atoms with Gasteiger partial charge in [-0.1, -0.05) is 0 Å². The Labute approximate surface area is 113 Å². The number of ether oxygens (including phenoxy) is 1. The fourth-order valence-electron chi connectivity index (χ4n) is 1.48. The second-order valence-corrected chi connectivity index (χ2v) is 5.80. The maximum absolute atomic E-state index is 12.1. The fourth-order valence-corrected chi connectivity index (χ4v) is 2.25. The Balaban J connectivity index is 2.48. The van der Waals surface area contributed by atoms with E-state index < -0.39 is 11.7 Å². The Hall–Kier alpha value is -1.11. The number of fused-ring (bicyclic) bond motifs is 1. The van der Waals surface area contributed by atoms with Gasteiger partial charge < -0.3 is 4.74 Å². The van der Waals surface area contributed by atoms with Crippen molar-refractivity contribution in [2.45, 2.75) is 26.4 Å². The molecule has 17 heavy (non-hydrogen) atoms. The van der Waals surface area contributed by atoms with Gasteiger partial charge in [-0.05, 0) is 61.6 Å². The molecular weight excluding hydrogens is 331 g/mol. The molecule has 2 rings (SSSR count). The SMILES string of the molecule is CC(C)(C)OC(=O)n1c(I)cc2cccnc21. The van der Waals surface area contributed by atoms with Crippen LogP contribution in [0.15, 0.2) is 24.4 Å². The second kappa shape index (κ2) is 4.29. The molecule has 0 saturated heterocycles. The molecule has 0 radical (unpaired) electrons. The first-order valence-corrected chi connectivity index (χ1v) is 6.32. The quantitative estimate of drug-likeness (QED) is 0.688. The molecule has 0 spiro atoms. The van der Waals surface area contributed by atoms with Gasteiger partial charge in [0.1, 0.15) is 11.2 Å². The highest BCUT2D eigenvalue weighted by molar-refractivity contribution is 14.1. The summed E-state index contributed by atoms with van der Waals surface area (Å²) in [6.45, 7) is 5.53. The minimum absolute atomic E-state index is 0.393. The third kappa shape index (κ3) is 2.59. The lowest BCUT2D eigenvalue weighted by atomic mass is 10.2. The molecule has 2 aromatic heterocycles. The van der Waals surface area contributed by atoms with Crippen molar-refractivity contribution < 1.29 is 9.53 Å². The third-order valence-electron chi connectivity index (χ3n) is 2.09. The van der Waals surface area contributed by atoms with Crippen LogP contribution in [0.1, 0.15) is 20.8 Å². The van der Waals surface area contributed by atoms with E-state index in [9.17, 15) is 4.79 Å². The van der Waals surface area contributed by atoms with Gasteiger partial charge in [0.2, 0.25) is 0 Å². The number of halogens is 1. The van der Waals surface area contributed by atoms with E-state index in [1.807, 2.05) is 39.0 Å². The molecule has 0 aliphatic rings. The number of carbonyl (C=O) groups excluding carboxylic acids is 1. The maximum Gasteiger partial charge on any atom is 0.421 e. The first kappa shape index (κ1) is 12.3. The molecule has 2 heterocycles. The minimum Gasteiger partial charge on any atom is -0.443 e. The molecule has 0 unspecified atom stereocenters. The number of hydrogen-bond donors (Lipinski definition) is 0. The summed E-state index contributed by atoms with van der Waals surface area (Å²) in [7, 11) is 0. The average Bonchev–Trinajstić information content (AvgIpc) is 2.50. The van der Waals surface area contributed by atoms with Gasteiger partial charge in [-0.3, -0.25) is 0 Å². The highest BCUT2D eigenvalue weighted by Crippen LogP contribution is 2.21. The molecule has 0 N–H and O–H groups in total. The van der Waals surface area contributed by atoms with Crippen molar-refractivity contribution in [3.05, 3.63) is 28.1 Å². The van der Waals surface area contributed by atoms with E-state index in [2.05, 4.69) is 27.6 Å². The molecule has 90 valence electrons. The van der Waals surface area contributed by atoms with E-state index in [-0.39, 0.29) is 0 Å². The van der Waals surface area contributed by atoms with Gasteiger partial charge in [0.05, 0.1) is 3.70 Å². The predicted molar refractivity (Wildman–Crippen MR) is 74.1 cm³/mol. The summed E-state index contributed by atoms with van der Waals surface area (Å²) in [5.74, 6) is 0. The zero-order valence-electron chi connectivity index (χ0n) is 9.90. The fraction of sp³-hybridized carbons (Fsp3) is 0.333. The molecule has 0 amide bonds. The number of hydrogen-bond acceptors (Lipinski definition) is 3. The summed E-state index contributed by atoms with van der Waals surface area (Å²) in [4.78, 5) is 16.3. The normalized spacial score (nSPS) is 11.8. The standard InChI is InChI=1S/C12H13IN2O2/c1-12(2,3)17-11(16)15-9(13)7-8-5-4-6-14-10(8)15/h4-7H,1-3H3. The molecule has 0 fully saturated rings. The molecule has 2 aromatic rings. The summed E-state index contributed by atoms with van der Waals surface area (Å²) in [6.07, 6.45) is 1.27. The minimum atomic E-state index is -0.508. The lowest BCUT2D eigenvalue weighted by molar-refractivity contribution is 0.0540. The average molecular weight is 344 g/mol. The summed E-state index contributed by atoms with van der Waals surface area (Å²) >= 11 is 2.10. The summed E-state index contributed by atoms with van der Waals surface area (Å²) < 4.78 is 7.63. The molecule has 0 aromatic carbocycles. The first-order valence-electron chi connectivity index (χ1n) is 5.24. The molecule has 5 heteroatoms. The van der Waals surface area contributed by atoms with Crippen molar-refractivity contribution in [3.8, 4) is 0 Å². The smallest absolute Gasteiger partial charge is 0.421 e. The van der Waals surface area contributed by atoms with E-state index >= 15 is 0 Å². The Morgan fingerprint density at radius 1 is 1.47 bits per heavy atom. The van der Waals surface area contributed by atoms with Crippen molar-refractivity contribution in [1.82, 2.24) is 9.55 Å². The van der Waals surface area contributed by atoms with Crippen LogP contribution in [0.25, 0.3) is 11.0 Å². The number of rotatable bonds is 0. The third-order valence-corrected chi connectivity index (χ3v) is 2.89. The predicted octanol–water partition coefficient (Wildman–Crippen LogP) is 3.42. The first-order chi connectivity index (χ1) is 7.88. The van der Waals surface area contributed by atoms with Gasteiger partial charge in [0.25, 0.3) is 0 Å².